The maximum atomic E-state index is 10.8. The molecule has 7 heteroatoms. The van der Waals surface area contributed by atoms with Crippen molar-refractivity contribution in [3.05, 3.63) is 17.8 Å². The molecule has 2 heterocycles. The van der Waals surface area contributed by atoms with Gasteiger partial charge < -0.3 is 16.1 Å². The lowest BCUT2D eigenvalue weighted by molar-refractivity contribution is 0.0994. The third-order valence-electron chi connectivity index (χ3n) is 2.69. The molecule has 0 aromatic carbocycles. The number of likely N-dealkylation sites (N-methyl/N-ethyl adjacent to an activating group) is 1. The summed E-state index contributed by atoms with van der Waals surface area (Å²) in [5, 5.41) is 9.71. The van der Waals surface area contributed by atoms with Crippen LogP contribution in [0.2, 0.25) is 0 Å². The number of carbonyl (C=O) groups is 1. The number of rotatable bonds is 3. The molecule has 1 aromatic rings. The Morgan fingerprint density at radius 1 is 1.29 bits per heavy atom. The number of hydrogen-bond acceptors (Lipinski definition) is 6. The summed E-state index contributed by atoms with van der Waals surface area (Å²) < 4.78 is 0. The fourth-order valence-corrected chi connectivity index (χ4v) is 1.60. The van der Waals surface area contributed by atoms with Crippen molar-refractivity contribution in [3.8, 4) is 0 Å². The van der Waals surface area contributed by atoms with E-state index in [4.69, 9.17) is 5.73 Å². The number of piperazine rings is 1. The van der Waals surface area contributed by atoms with Crippen LogP contribution in [0.25, 0.3) is 0 Å². The van der Waals surface area contributed by atoms with Gasteiger partial charge in [-0.2, -0.15) is 0 Å². The van der Waals surface area contributed by atoms with Gasteiger partial charge in [0.1, 0.15) is 0 Å². The van der Waals surface area contributed by atoms with Crippen molar-refractivity contribution in [2.45, 2.75) is 0 Å². The number of nitrogens with one attached hydrogen (secondary N) is 1. The van der Waals surface area contributed by atoms with E-state index in [0.717, 1.165) is 26.2 Å². The fraction of sp³-hybridized carbons (Fsp3) is 0.500. The lowest BCUT2D eigenvalue weighted by atomic mass is 10.3. The van der Waals surface area contributed by atoms with Gasteiger partial charge >= 0.3 is 0 Å². The number of nitrogens with two attached hydrogens (primary N) is 1. The van der Waals surface area contributed by atoms with Gasteiger partial charge in [-0.15, -0.1) is 10.2 Å². The molecule has 1 fully saturated rings. The van der Waals surface area contributed by atoms with Crippen LogP contribution in [0.4, 0.5) is 5.82 Å². The maximum Gasteiger partial charge on any atom is 0.269 e. The number of anilines is 1. The molecule has 2 rings (SSSR count). The Balaban J connectivity index is 1.92. The quantitative estimate of drug-likeness (QED) is 0.711. The zero-order valence-electron chi connectivity index (χ0n) is 9.76. The number of hydrogen-bond donors (Lipinski definition) is 2. The highest BCUT2D eigenvalue weighted by Gasteiger charge is 2.14. The molecule has 0 saturated carbocycles. The van der Waals surface area contributed by atoms with Crippen LogP contribution in [0.15, 0.2) is 12.1 Å². The average Bonchev–Trinajstić information content (AvgIpc) is 2.33. The number of carbonyl (C=O) groups excluding carboxylic acids is 1. The molecule has 1 aliphatic heterocycles. The van der Waals surface area contributed by atoms with Crippen molar-refractivity contribution in [2.24, 2.45) is 5.73 Å². The predicted octanol–water partition coefficient (Wildman–Crippen LogP) is -0.850. The topological polar surface area (TPSA) is 87.4 Å². The SMILES string of the molecule is CN1CCN(Nc2ccc(C(N)=O)nn2)CC1. The first-order chi connectivity index (χ1) is 8.15. The van der Waals surface area contributed by atoms with E-state index < -0.39 is 5.91 Å². The zero-order chi connectivity index (χ0) is 12.3. The number of primary amides is 1. The molecule has 0 unspecified atom stereocenters. The fourth-order valence-electron chi connectivity index (χ4n) is 1.60. The van der Waals surface area contributed by atoms with Gasteiger partial charge in [-0.1, -0.05) is 0 Å². The Morgan fingerprint density at radius 3 is 2.53 bits per heavy atom. The Kier molecular flexibility index (Phi) is 3.50. The van der Waals surface area contributed by atoms with Crippen LogP contribution in [-0.4, -0.2) is 59.2 Å². The van der Waals surface area contributed by atoms with Crippen LogP contribution in [-0.2, 0) is 0 Å². The van der Waals surface area contributed by atoms with Crippen molar-refractivity contribution in [2.75, 3.05) is 38.7 Å². The van der Waals surface area contributed by atoms with Gasteiger partial charge in [-0.3, -0.25) is 4.79 Å². The van der Waals surface area contributed by atoms with Crippen LogP contribution in [0.3, 0.4) is 0 Å². The normalized spacial score (nSPS) is 17.9. The smallest absolute Gasteiger partial charge is 0.269 e. The molecule has 0 radical (unpaired) electrons. The van der Waals surface area contributed by atoms with Gasteiger partial charge in [0.15, 0.2) is 11.5 Å². The van der Waals surface area contributed by atoms with E-state index in [-0.39, 0.29) is 5.69 Å². The summed E-state index contributed by atoms with van der Waals surface area (Å²) >= 11 is 0. The second-order valence-corrected chi connectivity index (χ2v) is 4.07. The number of amides is 1. The average molecular weight is 236 g/mol. The Labute approximate surface area is 99.6 Å². The first-order valence-corrected chi connectivity index (χ1v) is 5.49. The first-order valence-electron chi connectivity index (χ1n) is 5.49. The summed E-state index contributed by atoms with van der Waals surface area (Å²) in [6.07, 6.45) is 0. The lowest BCUT2D eigenvalue weighted by Gasteiger charge is -2.32. The van der Waals surface area contributed by atoms with Gasteiger partial charge in [0.25, 0.3) is 5.91 Å². The molecule has 0 bridgehead atoms. The number of aromatic nitrogens is 2. The summed E-state index contributed by atoms with van der Waals surface area (Å²) in [4.78, 5) is 13.1. The second-order valence-electron chi connectivity index (χ2n) is 4.07. The summed E-state index contributed by atoms with van der Waals surface area (Å²) in [6, 6.07) is 3.26. The van der Waals surface area contributed by atoms with E-state index in [9.17, 15) is 4.79 Å². The Bertz CT molecular complexity index is 384. The van der Waals surface area contributed by atoms with Gasteiger partial charge in [0.2, 0.25) is 0 Å². The van der Waals surface area contributed by atoms with Gasteiger partial charge in [-0.25, -0.2) is 5.01 Å². The van der Waals surface area contributed by atoms with Crippen molar-refractivity contribution in [1.82, 2.24) is 20.1 Å². The van der Waals surface area contributed by atoms with E-state index in [2.05, 4.69) is 32.6 Å². The van der Waals surface area contributed by atoms with Crippen molar-refractivity contribution >= 4 is 11.7 Å². The highest BCUT2D eigenvalue weighted by atomic mass is 16.1. The molecule has 0 aliphatic carbocycles. The molecule has 1 aliphatic rings. The number of nitrogens with zero attached hydrogens (tertiary/aromatic N) is 4. The maximum absolute atomic E-state index is 10.8. The summed E-state index contributed by atoms with van der Waals surface area (Å²) in [5.74, 6) is 0.0585. The summed E-state index contributed by atoms with van der Waals surface area (Å²) in [5.41, 5.74) is 8.41. The first kappa shape index (κ1) is 11.7. The molecular weight excluding hydrogens is 220 g/mol. The van der Waals surface area contributed by atoms with Crippen LogP contribution < -0.4 is 11.2 Å². The molecule has 1 aromatic heterocycles. The van der Waals surface area contributed by atoms with E-state index in [1.165, 1.54) is 0 Å². The molecule has 17 heavy (non-hydrogen) atoms. The van der Waals surface area contributed by atoms with E-state index in [0.29, 0.717) is 5.82 Å². The van der Waals surface area contributed by atoms with Crippen molar-refractivity contribution < 1.29 is 4.79 Å². The highest BCUT2D eigenvalue weighted by Crippen LogP contribution is 2.05. The predicted molar refractivity (Wildman–Crippen MR) is 63.2 cm³/mol. The highest BCUT2D eigenvalue weighted by molar-refractivity contribution is 5.90. The number of hydrazine groups is 1. The second kappa shape index (κ2) is 5.07. The van der Waals surface area contributed by atoms with E-state index in [1.807, 2.05) is 0 Å². The van der Waals surface area contributed by atoms with Crippen LogP contribution in [0, 0.1) is 0 Å². The Morgan fingerprint density at radius 2 is 2.00 bits per heavy atom. The van der Waals surface area contributed by atoms with Crippen molar-refractivity contribution in [3.63, 3.8) is 0 Å². The molecule has 0 atom stereocenters. The Hall–Kier alpha value is -1.73. The molecule has 92 valence electrons. The third kappa shape index (κ3) is 3.11. The minimum Gasteiger partial charge on any atom is -0.364 e. The van der Waals surface area contributed by atoms with Gasteiger partial charge in [-0.05, 0) is 19.2 Å². The molecule has 0 spiro atoms. The van der Waals surface area contributed by atoms with Gasteiger partial charge in [0, 0.05) is 26.2 Å². The van der Waals surface area contributed by atoms with Crippen LogP contribution in [0.1, 0.15) is 10.5 Å². The van der Waals surface area contributed by atoms with Gasteiger partial charge in [0.05, 0.1) is 0 Å². The minimum absolute atomic E-state index is 0.175. The largest absolute Gasteiger partial charge is 0.364 e. The minimum atomic E-state index is -0.566. The molecule has 1 amide bonds. The van der Waals surface area contributed by atoms with Crippen LogP contribution in [0.5, 0.6) is 0 Å². The lowest BCUT2D eigenvalue weighted by Crippen LogP contribution is -2.47. The third-order valence-corrected chi connectivity index (χ3v) is 2.69. The van der Waals surface area contributed by atoms with Crippen molar-refractivity contribution in [1.29, 1.82) is 0 Å². The van der Waals surface area contributed by atoms with E-state index >= 15 is 0 Å². The van der Waals surface area contributed by atoms with E-state index in [1.54, 1.807) is 12.1 Å². The molecule has 7 nitrogen and oxygen atoms in total. The summed E-state index contributed by atoms with van der Waals surface area (Å²) in [7, 11) is 2.10. The molecule has 3 N–H and O–H groups in total. The monoisotopic (exact) mass is 236 g/mol. The summed E-state index contributed by atoms with van der Waals surface area (Å²) in [6.45, 7) is 3.88. The zero-order valence-corrected chi connectivity index (χ0v) is 9.76. The standard InChI is InChI=1S/C10H16N6O/c1-15-4-6-16(7-5-15)14-9-3-2-8(10(11)17)12-13-9/h2-3H,4-7H2,1H3,(H2,11,17)(H,13,14). The molecule has 1 saturated heterocycles. The molecular formula is C10H16N6O. The van der Waals surface area contributed by atoms with Crippen LogP contribution >= 0.6 is 0 Å².